The number of nitrogens with two attached hydrogens (primary N) is 1. The first-order valence-corrected chi connectivity index (χ1v) is 7.06. The van der Waals surface area contributed by atoms with Gasteiger partial charge in [-0.25, -0.2) is 0 Å². The third-order valence-electron chi connectivity index (χ3n) is 2.62. The fourth-order valence-electron chi connectivity index (χ4n) is 1.64. The van der Waals surface area contributed by atoms with Gasteiger partial charge in [0.05, 0.1) is 10.7 Å². The van der Waals surface area contributed by atoms with Crippen molar-refractivity contribution < 1.29 is 9.72 Å². The zero-order valence-corrected chi connectivity index (χ0v) is 11.8. The average Bonchev–Trinajstić information content (AvgIpc) is 2.48. The lowest BCUT2D eigenvalue weighted by Crippen LogP contribution is -2.14. The smallest absolute Gasteiger partial charge is 0.294 e. The molecule has 0 saturated heterocycles. The summed E-state index contributed by atoms with van der Waals surface area (Å²) in [4.78, 5) is 23.0. The Kier molecular flexibility index (Phi) is 4.78. The maximum absolute atomic E-state index is 11.8. The van der Waals surface area contributed by atoms with Gasteiger partial charge in [-0.2, -0.15) is 0 Å². The molecule has 0 aliphatic rings. The minimum atomic E-state index is -0.580. The van der Waals surface area contributed by atoms with Gasteiger partial charge >= 0.3 is 0 Å². The number of nitrogens with one attached hydrogen (secondary N) is 1. The lowest BCUT2D eigenvalue weighted by molar-refractivity contribution is -0.383. The summed E-state index contributed by atoms with van der Waals surface area (Å²) >= 11 is 1.39. The Bertz CT molecular complexity index is 662. The summed E-state index contributed by atoms with van der Waals surface area (Å²) in [6, 6.07) is 13.7. The molecule has 0 unspecified atom stereocenters. The molecule has 2 aromatic carbocycles. The van der Waals surface area contributed by atoms with Crippen LogP contribution >= 0.6 is 11.8 Å². The number of benzene rings is 2. The zero-order chi connectivity index (χ0) is 15.2. The van der Waals surface area contributed by atoms with Crippen LogP contribution in [0.2, 0.25) is 0 Å². The molecule has 7 heteroatoms. The van der Waals surface area contributed by atoms with E-state index >= 15 is 0 Å². The first-order valence-electron chi connectivity index (χ1n) is 6.08. The number of rotatable bonds is 5. The maximum atomic E-state index is 11.8. The highest BCUT2D eigenvalue weighted by Crippen LogP contribution is 2.25. The van der Waals surface area contributed by atoms with Crippen LogP contribution in [-0.4, -0.2) is 16.6 Å². The number of thioether (sulfide) groups is 1. The number of amides is 1. The van der Waals surface area contributed by atoms with E-state index in [0.29, 0.717) is 5.69 Å². The van der Waals surface area contributed by atoms with Gasteiger partial charge < -0.3 is 11.1 Å². The van der Waals surface area contributed by atoms with Crippen molar-refractivity contribution in [2.75, 3.05) is 16.8 Å². The van der Waals surface area contributed by atoms with Gasteiger partial charge in [0.1, 0.15) is 5.69 Å². The molecule has 0 aliphatic heterocycles. The average molecular weight is 303 g/mol. The number of nitro groups is 1. The van der Waals surface area contributed by atoms with E-state index in [4.69, 9.17) is 5.73 Å². The van der Waals surface area contributed by atoms with E-state index < -0.39 is 4.92 Å². The van der Waals surface area contributed by atoms with Crippen LogP contribution in [0.1, 0.15) is 0 Å². The van der Waals surface area contributed by atoms with Gasteiger partial charge in [0.25, 0.3) is 5.69 Å². The molecule has 0 fully saturated rings. The molecule has 0 radical (unpaired) electrons. The number of carbonyl (C=O) groups excluding carboxylic acids is 1. The van der Waals surface area contributed by atoms with Crippen LogP contribution in [-0.2, 0) is 4.79 Å². The van der Waals surface area contributed by atoms with Crippen molar-refractivity contribution in [2.45, 2.75) is 4.90 Å². The van der Waals surface area contributed by atoms with Gasteiger partial charge in [-0.05, 0) is 24.3 Å². The largest absolute Gasteiger partial charge is 0.393 e. The highest BCUT2D eigenvalue weighted by Gasteiger charge is 2.13. The number of anilines is 2. The van der Waals surface area contributed by atoms with Crippen LogP contribution in [0.3, 0.4) is 0 Å². The minimum absolute atomic E-state index is 0.0664. The van der Waals surface area contributed by atoms with E-state index in [1.807, 2.05) is 30.3 Å². The van der Waals surface area contributed by atoms with Crippen LogP contribution < -0.4 is 11.1 Å². The van der Waals surface area contributed by atoms with Crippen molar-refractivity contribution in [1.82, 2.24) is 0 Å². The normalized spacial score (nSPS) is 10.1. The number of nitro benzene ring substituents is 1. The Labute approximate surface area is 125 Å². The third-order valence-corrected chi connectivity index (χ3v) is 3.64. The molecule has 21 heavy (non-hydrogen) atoms. The number of nitrogen functional groups attached to an aromatic ring is 1. The number of hydrogen-bond donors (Lipinski definition) is 2. The van der Waals surface area contributed by atoms with E-state index in [0.717, 1.165) is 4.90 Å². The molecule has 0 saturated carbocycles. The minimum Gasteiger partial charge on any atom is -0.393 e. The lowest BCUT2D eigenvalue weighted by atomic mass is 10.2. The summed E-state index contributed by atoms with van der Waals surface area (Å²) < 4.78 is 0. The Hall–Kier alpha value is -2.54. The van der Waals surface area contributed by atoms with Crippen molar-refractivity contribution in [3.05, 3.63) is 58.6 Å². The predicted molar refractivity (Wildman–Crippen MR) is 83.3 cm³/mol. The number of carbonyl (C=O) groups is 1. The number of hydrogen-bond acceptors (Lipinski definition) is 5. The first-order chi connectivity index (χ1) is 10.1. The van der Waals surface area contributed by atoms with Crippen molar-refractivity contribution >= 4 is 34.7 Å². The van der Waals surface area contributed by atoms with Crippen LogP contribution in [0, 0.1) is 10.1 Å². The third kappa shape index (κ3) is 4.22. The molecule has 0 aromatic heterocycles. The van der Waals surface area contributed by atoms with E-state index in [-0.39, 0.29) is 23.0 Å². The van der Waals surface area contributed by atoms with Gasteiger partial charge in [0, 0.05) is 16.6 Å². The van der Waals surface area contributed by atoms with Crippen molar-refractivity contribution in [2.24, 2.45) is 0 Å². The summed E-state index contributed by atoms with van der Waals surface area (Å²) in [7, 11) is 0. The number of nitrogens with zero attached hydrogens (tertiary/aromatic N) is 1. The molecule has 0 heterocycles. The molecule has 1 amide bonds. The van der Waals surface area contributed by atoms with Crippen molar-refractivity contribution in [3.63, 3.8) is 0 Å². The van der Waals surface area contributed by atoms with Gasteiger partial charge in [0.2, 0.25) is 5.91 Å². The highest BCUT2D eigenvalue weighted by molar-refractivity contribution is 8.00. The summed E-state index contributed by atoms with van der Waals surface area (Å²) in [5, 5.41) is 13.4. The molecule has 3 N–H and O–H groups in total. The van der Waals surface area contributed by atoms with Gasteiger partial charge in [-0.15, -0.1) is 11.8 Å². The maximum Gasteiger partial charge on any atom is 0.294 e. The molecule has 2 aromatic rings. The van der Waals surface area contributed by atoms with Gasteiger partial charge in [-0.3, -0.25) is 14.9 Å². The first kappa shape index (κ1) is 14.9. The highest BCUT2D eigenvalue weighted by atomic mass is 32.2. The Morgan fingerprint density at radius 1 is 1.24 bits per heavy atom. The second-order valence-corrected chi connectivity index (χ2v) is 5.23. The second-order valence-electron chi connectivity index (χ2n) is 4.18. The molecule has 6 nitrogen and oxygen atoms in total. The van der Waals surface area contributed by atoms with Crippen LogP contribution in [0.25, 0.3) is 0 Å². The molecule has 0 bridgehead atoms. The monoisotopic (exact) mass is 303 g/mol. The van der Waals surface area contributed by atoms with Crippen LogP contribution in [0.4, 0.5) is 17.1 Å². The summed E-state index contributed by atoms with van der Waals surface area (Å²) in [6.07, 6.45) is 0. The topological polar surface area (TPSA) is 98.3 Å². The van der Waals surface area contributed by atoms with Crippen molar-refractivity contribution in [3.8, 4) is 0 Å². The summed E-state index contributed by atoms with van der Waals surface area (Å²) in [5.74, 6) is -0.00901. The van der Waals surface area contributed by atoms with Gasteiger partial charge in [0.15, 0.2) is 0 Å². The molecular weight excluding hydrogens is 290 g/mol. The quantitative estimate of drug-likeness (QED) is 0.383. The fraction of sp³-hybridized carbons (Fsp3) is 0.0714. The molecular formula is C14H13N3O3S. The van der Waals surface area contributed by atoms with Crippen molar-refractivity contribution in [1.29, 1.82) is 0 Å². The SMILES string of the molecule is Nc1ccc(NC(=O)CSc2ccccc2)cc1[N+](=O)[O-]. The van der Waals surface area contributed by atoms with E-state index in [9.17, 15) is 14.9 Å². The molecule has 0 aliphatic carbocycles. The molecule has 2 rings (SSSR count). The van der Waals surface area contributed by atoms with E-state index in [1.54, 1.807) is 0 Å². The Morgan fingerprint density at radius 3 is 2.62 bits per heavy atom. The Balaban J connectivity index is 1.97. The lowest BCUT2D eigenvalue weighted by Gasteiger charge is -2.06. The predicted octanol–water partition coefficient (Wildman–Crippen LogP) is 2.91. The summed E-state index contributed by atoms with van der Waals surface area (Å²) in [6.45, 7) is 0. The Morgan fingerprint density at radius 2 is 1.95 bits per heavy atom. The standard InChI is InChI=1S/C14H13N3O3S/c15-12-7-6-10(8-13(12)17(19)20)16-14(18)9-21-11-4-2-1-3-5-11/h1-8H,9,15H2,(H,16,18). The van der Waals surface area contributed by atoms with Crippen LogP contribution in [0.15, 0.2) is 53.4 Å². The van der Waals surface area contributed by atoms with Crippen LogP contribution in [0.5, 0.6) is 0 Å². The van der Waals surface area contributed by atoms with Gasteiger partial charge in [-0.1, -0.05) is 18.2 Å². The van der Waals surface area contributed by atoms with E-state index in [1.165, 1.54) is 30.0 Å². The zero-order valence-electron chi connectivity index (χ0n) is 11.0. The fourth-order valence-corrected chi connectivity index (χ4v) is 2.36. The van der Waals surface area contributed by atoms with E-state index in [2.05, 4.69) is 5.32 Å². The molecule has 0 spiro atoms. The molecule has 0 atom stereocenters. The summed E-state index contributed by atoms with van der Waals surface area (Å²) in [5.41, 5.74) is 5.70. The molecule has 108 valence electrons. The second kappa shape index (κ2) is 6.76.